The number of rotatable bonds is 24. The van der Waals surface area contributed by atoms with Gasteiger partial charge in [-0.3, -0.25) is 9.59 Å². The number of esters is 1. The molecular weight excluding hydrogens is 1170 g/mol. The highest BCUT2D eigenvalue weighted by Gasteiger charge is 2.40. The van der Waals surface area contributed by atoms with Crippen molar-refractivity contribution in [1.29, 1.82) is 0 Å². The Labute approximate surface area is 549 Å². The second kappa shape index (κ2) is 37.1. The molecule has 0 radical (unpaired) electrons. The summed E-state index contributed by atoms with van der Waals surface area (Å²) in [6, 6.07) is 0. The number of fused-ring (bicyclic) bond motifs is 4. The molecule has 25 atom stereocenters. The molecule has 0 bridgehead atoms. The molecule has 9 N–H and O–H groups in total. The van der Waals surface area contributed by atoms with Gasteiger partial charge in [-0.25, -0.2) is 0 Å². The van der Waals surface area contributed by atoms with Crippen LogP contribution in [0.15, 0.2) is 95.2 Å². The Balaban J connectivity index is 0.000000195. The molecule has 16 heteroatoms. The summed E-state index contributed by atoms with van der Waals surface area (Å²) in [5, 5.41) is 109. The highest BCUT2D eigenvalue weighted by atomic mass is 16.5. The summed E-state index contributed by atoms with van der Waals surface area (Å²) in [7, 11) is 0. The Bertz CT molecular complexity index is 2530. The highest BCUT2D eigenvalue weighted by Crippen LogP contribution is 2.48. The van der Waals surface area contributed by atoms with Gasteiger partial charge < -0.3 is 70.5 Å². The molecule has 1 saturated heterocycles. The molecule has 1 aliphatic heterocycles. The van der Waals surface area contributed by atoms with Gasteiger partial charge in [0, 0.05) is 37.1 Å². The maximum absolute atomic E-state index is 11.5. The van der Waals surface area contributed by atoms with Crippen molar-refractivity contribution in [2.45, 2.75) is 258 Å². The molecule has 92 heavy (non-hydrogen) atoms. The molecule has 16 nitrogen and oxygen atoms in total. The zero-order valence-electron chi connectivity index (χ0n) is 56.5. The number of allylic oxidation sites excluding steroid dienone is 15. The Hall–Kier alpha value is -4.52. The average molecular weight is 1290 g/mol. The average Bonchev–Trinajstić information content (AvgIpc) is 0.832. The maximum Gasteiger partial charge on any atom is 0.308 e. The van der Waals surface area contributed by atoms with Crippen LogP contribution in [-0.4, -0.2) is 125 Å². The molecule has 0 unspecified atom stereocenters. The molecule has 0 aromatic carbocycles. The van der Waals surface area contributed by atoms with E-state index in [-0.39, 0.29) is 62.1 Å². The van der Waals surface area contributed by atoms with Crippen LogP contribution in [0.25, 0.3) is 0 Å². The van der Waals surface area contributed by atoms with E-state index in [0.29, 0.717) is 109 Å². The number of cyclic esters (lactones) is 1. The standard InChI is InChI=1S/C19H30O5.2C19H30O4.C19H28O3/c1-11-7-13-4-3-12(2)16(19(13)17(22)8-11)6-5-14(20)9-15(21)10-18(23)24;2*1-12-3-7-18-14(9-12)5-4-13(2)17(18)8-6-15(20)10-16(21)11-19(22)23;1-12-3-7-18-14(9-12)5-4-13(2)17(18)8-6-16-10-15(20)11-19(21)22-16/h3-4,7,11-12,14-17,19-22H,5-6,8-10H2,1-2H3,(H,23,24);2*4-5,9,12-13,15-18,20-21H,3,6-8,10-11H2,1-2H3,(H,22,23);4-5,9,12-13,15-18,20H,3,6-8,10-11H2,1-2H3/p-2/t11-,12-,14+,15+,16-,17-,19-;3*12-,13+,15-,16-,17+,18+/m0111/s1. The molecule has 0 aromatic rings. The lowest BCUT2D eigenvalue weighted by molar-refractivity contribution is -0.309. The monoisotopic (exact) mass is 1280 g/mol. The van der Waals surface area contributed by atoms with Gasteiger partial charge in [0.1, 0.15) is 6.10 Å². The summed E-state index contributed by atoms with van der Waals surface area (Å²) in [4.78, 5) is 43.0. The predicted molar refractivity (Wildman–Crippen MR) is 352 cm³/mol. The molecule has 518 valence electrons. The van der Waals surface area contributed by atoms with Crippen molar-refractivity contribution in [2.75, 3.05) is 0 Å². The van der Waals surface area contributed by atoms with Crippen molar-refractivity contribution in [3.8, 4) is 0 Å². The van der Waals surface area contributed by atoms with Gasteiger partial charge >= 0.3 is 11.9 Å². The van der Waals surface area contributed by atoms with E-state index in [1.807, 2.05) is 0 Å². The van der Waals surface area contributed by atoms with E-state index in [0.717, 1.165) is 38.5 Å². The van der Waals surface area contributed by atoms with E-state index in [4.69, 9.17) is 9.84 Å². The van der Waals surface area contributed by atoms with Crippen molar-refractivity contribution in [1.82, 2.24) is 0 Å². The number of carbonyl (C=O) groups excluding carboxylic acids is 3. The van der Waals surface area contributed by atoms with Gasteiger partial charge in [-0.05, 0) is 227 Å². The molecule has 1 fully saturated rings. The number of carboxylic acids is 3. The van der Waals surface area contributed by atoms with Gasteiger partial charge in [-0.15, -0.1) is 0 Å². The first-order chi connectivity index (χ1) is 43.5. The van der Waals surface area contributed by atoms with Crippen molar-refractivity contribution >= 4 is 23.9 Å². The van der Waals surface area contributed by atoms with Crippen LogP contribution in [0.5, 0.6) is 0 Å². The fraction of sp³-hybridized carbons (Fsp3) is 0.737. The van der Waals surface area contributed by atoms with Crippen molar-refractivity contribution in [2.24, 2.45) is 94.7 Å². The van der Waals surface area contributed by atoms with E-state index in [1.165, 1.54) is 60.8 Å². The van der Waals surface area contributed by atoms with Crippen molar-refractivity contribution in [3.05, 3.63) is 95.2 Å². The van der Waals surface area contributed by atoms with Crippen LogP contribution in [0.4, 0.5) is 0 Å². The second-order valence-electron chi connectivity index (χ2n) is 29.9. The predicted octanol–water partition coefficient (Wildman–Crippen LogP) is 9.37. The molecule has 0 aromatic heterocycles. The molecule has 8 aliphatic carbocycles. The number of aliphatic hydroxyl groups is 8. The van der Waals surface area contributed by atoms with Gasteiger partial charge in [0.15, 0.2) is 0 Å². The normalized spacial score (nSPS) is 35.5. The number of ether oxygens (including phenoxy) is 1. The lowest BCUT2D eigenvalue weighted by Crippen LogP contribution is -2.38. The Morgan fingerprint density at radius 2 is 0.826 bits per heavy atom. The summed E-state index contributed by atoms with van der Waals surface area (Å²) >= 11 is 0. The van der Waals surface area contributed by atoms with Crippen LogP contribution in [0.3, 0.4) is 0 Å². The summed E-state index contributed by atoms with van der Waals surface area (Å²) in [6.07, 6.45) is 35.7. The first-order valence-electron chi connectivity index (χ1n) is 35.4. The Kier molecular flexibility index (Phi) is 30.9. The summed E-state index contributed by atoms with van der Waals surface area (Å²) in [5.41, 5.74) is 5.60. The third kappa shape index (κ3) is 24.3. The largest absolute Gasteiger partial charge is 0.550 e. The van der Waals surface area contributed by atoms with Crippen LogP contribution in [-0.2, 0) is 23.9 Å². The van der Waals surface area contributed by atoms with E-state index < -0.39 is 73.5 Å². The zero-order chi connectivity index (χ0) is 67.5. The number of aliphatic carboxylic acids is 3. The molecule has 0 spiro atoms. The SMILES string of the molecule is C[C@H]1C=C2C=C[C@H](C)[C@H](CC[C@@H](O)C[C@@H](O)CC(=O)O)[C@H]2CC1.C[C@H]1C=C2C=C[C@H](C)[C@H](CC[C@@H](O)C[C@@H](O)CC(=O)[O-])[C@H]2CC1.C[C@H]1C=C2C=C[C@H](C)[C@H](CC[C@@H](O)C[C@@H](O)CC(=O)[O-])[C@H]2[C@@H](O)C1.C[C@H]1C=C2C=C[C@H](C)[C@H](CC[C@@H]3C[C@@H](O)CC(=O)O3)[C@H]2CC1. The first-order valence-corrected chi connectivity index (χ1v) is 35.4. The van der Waals surface area contributed by atoms with Gasteiger partial charge in [-0.1, -0.05) is 128 Å². The van der Waals surface area contributed by atoms with E-state index >= 15 is 0 Å². The van der Waals surface area contributed by atoms with E-state index in [1.54, 1.807) is 0 Å². The first kappa shape index (κ1) is 76.5. The topological polar surface area (TPSA) is 306 Å². The number of carboxylic acid groups (broad SMARTS) is 3. The number of aliphatic hydroxyl groups excluding tert-OH is 8. The van der Waals surface area contributed by atoms with Crippen molar-refractivity contribution < 1.29 is 80.1 Å². The number of hydrogen-bond acceptors (Lipinski definition) is 15. The van der Waals surface area contributed by atoms with Crippen LogP contribution in [0, 0.1) is 94.7 Å². The fourth-order valence-corrected chi connectivity index (χ4v) is 16.9. The zero-order valence-corrected chi connectivity index (χ0v) is 56.5. The minimum Gasteiger partial charge on any atom is -0.550 e. The molecule has 9 rings (SSSR count). The Morgan fingerprint density at radius 3 is 1.22 bits per heavy atom. The summed E-state index contributed by atoms with van der Waals surface area (Å²) in [5.74, 6) is 4.26. The van der Waals surface area contributed by atoms with E-state index in [2.05, 4.69) is 128 Å². The van der Waals surface area contributed by atoms with Gasteiger partial charge in [0.05, 0.1) is 61.7 Å². The van der Waals surface area contributed by atoms with Gasteiger partial charge in [0.2, 0.25) is 0 Å². The lowest BCUT2D eigenvalue weighted by Gasteiger charge is -2.41. The minimum atomic E-state index is -1.31. The van der Waals surface area contributed by atoms with Crippen LogP contribution >= 0.6 is 0 Å². The minimum absolute atomic E-state index is 0.0396. The van der Waals surface area contributed by atoms with E-state index in [9.17, 15) is 70.2 Å². The molecule has 0 amide bonds. The third-order valence-corrected chi connectivity index (χ3v) is 21.9. The second-order valence-corrected chi connectivity index (χ2v) is 29.9. The molecule has 0 saturated carbocycles. The van der Waals surface area contributed by atoms with Gasteiger partial charge in [0.25, 0.3) is 0 Å². The third-order valence-electron chi connectivity index (χ3n) is 21.9. The molecule has 9 aliphatic rings. The Morgan fingerprint density at radius 1 is 0.467 bits per heavy atom. The highest BCUT2D eigenvalue weighted by molar-refractivity contribution is 5.71. The number of carbonyl (C=O) groups is 4. The molecule has 1 heterocycles. The van der Waals surface area contributed by atoms with Crippen LogP contribution in [0.1, 0.15) is 203 Å². The van der Waals surface area contributed by atoms with Crippen LogP contribution < -0.4 is 10.2 Å². The van der Waals surface area contributed by atoms with Crippen molar-refractivity contribution in [3.63, 3.8) is 0 Å². The van der Waals surface area contributed by atoms with Gasteiger partial charge in [-0.2, -0.15) is 0 Å². The fourth-order valence-electron chi connectivity index (χ4n) is 16.9. The van der Waals surface area contributed by atoms with Crippen LogP contribution in [0.2, 0.25) is 0 Å². The quantitative estimate of drug-likeness (QED) is 0.0407. The maximum atomic E-state index is 11.5. The smallest absolute Gasteiger partial charge is 0.308 e. The summed E-state index contributed by atoms with van der Waals surface area (Å²) in [6.45, 7) is 17.8. The summed E-state index contributed by atoms with van der Waals surface area (Å²) < 4.78 is 5.40. The number of hydrogen-bond donors (Lipinski definition) is 9. The lowest BCUT2D eigenvalue weighted by atomic mass is 9.65. The molecular formula is C76H116O16-2.